The first-order chi connectivity index (χ1) is 18.9. The van der Waals surface area contributed by atoms with Crippen molar-refractivity contribution in [3.63, 3.8) is 0 Å². The molecule has 5 rings (SSSR count). The van der Waals surface area contributed by atoms with Gasteiger partial charge in [-0.05, 0) is 67.5 Å². The van der Waals surface area contributed by atoms with E-state index in [0.29, 0.717) is 41.0 Å². The predicted octanol–water partition coefficient (Wildman–Crippen LogP) is 7.03. The minimum Gasteiger partial charge on any atom is -0.493 e. The lowest BCUT2D eigenvalue weighted by Crippen LogP contribution is -2.39. The molecule has 1 heterocycles. The van der Waals surface area contributed by atoms with Crippen molar-refractivity contribution in [2.45, 2.75) is 57.5 Å². The van der Waals surface area contributed by atoms with Crippen molar-refractivity contribution in [3.8, 4) is 11.5 Å². The number of carbonyl (C=O) groups excluding carboxylic acids is 2. The van der Waals surface area contributed by atoms with Gasteiger partial charge in [0, 0.05) is 66.6 Å². The van der Waals surface area contributed by atoms with E-state index in [1.807, 2.05) is 36.4 Å². The normalized spacial score (nSPS) is 17.9. The molecule has 0 unspecified atom stereocenters. The van der Waals surface area contributed by atoms with Crippen molar-refractivity contribution in [3.05, 3.63) is 80.1 Å². The average Bonchev–Trinajstić information content (AvgIpc) is 2.93. The number of ketones is 2. The van der Waals surface area contributed by atoms with E-state index >= 15 is 0 Å². The van der Waals surface area contributed by atoms with E-state index in [1.165, 1.54) is 0 Å². The van der Waals surface area contributed by atoms with Crippen LogP contribution < -0.4 is 9.47 Å². The minimum atomic E-state index is -0.467. The van der Waals surface area contributed by atoms with Crippen LogP contribution in [0.2, 0.25) is 10.0 Å². The summed E-state index contributed by atoms with van der Waals surface area (Å²) in [7, 11) is 3.26. The van der Waals surface area contributed by atoms with Crippen LogP contribution in [0.4, 0.5) is 0 Å². The second-order valence-electron chi connectivity index (χ2n) is 10.2. The number of methoxy groups -OCH3 is 2. The Balaban J connectivity index is 1.57. The molecule has 1 aliphatic heterocycles. The summed E-state index contributed by atoms with van der Waals surface area (Å²) in [5, 5.41) is 1.02. The summed E-state index contributed by atoms with van der Waals surface area (Å²) in [6.07, 6.45) is 5.00. The Hall–Kier alpha value is -2.80. The number of hydrogen-bond donors (Lipinski definition) is 0. The maximum atomic E-state index is 13.5. The van der Waals surface area contributed by atoms with E-state index in [1.54, 1.807) is 14.2 Å². The van der Waals surface area contributed by atoms with Gasteiger partial charge in [-0.15, -0.1) is 0 Å². The molecule has 39 heavy (non-hydrogen) atoms. The van der Waals surface area contributed by atoms with Crippen molar-refractivity contribution >= 4 is 34.8 Å². The van der Waals surface area contributed by atoms with Crippen LogP contribution in [0.1, 0.15) is 62.0 Å². The Morgan fingerprint density at radius 2 is 1.54 bits per heavy atom. The molecule has 2 aromatic carbocycles. The van der Waals surface area contributed by atoms with Crippen LogP contribution in [0.15, 0.2) is 58.9 Å². The lowest BCUT2D eigenvalue weighted by atomic mass is 9.71. The van der Waals surface area contributed by atoms with Gasteiger partial charge in [-0.1, -0.05) is 35.3 Å². The van der Waals surface area contributed by atoms with Gasteiger partial charge in [-0.25, -0.2) is 0 Å². The Bertz CT molecular complexity index is 1290. The number of benzene rings is 2. The largest absolute Gasteiger partial charge is 0.493 e. The number of halogens is 2. The van der Waals surface area contributed by atoms with Crippen LogP contribution in [-0.4, -0.2) is 43.8 Å². The molecule has 0 atom stereocenters. The van der Waals surface area contributed by atoms with Gasteiger partial charge in [-0.3, -0.25) is 9.59 Å². The van der Waals surface area contributed by atoms with Gasteiger partial charge in [0.15, 0.2) is 23.1 Å². The first kappa shape index (κ1) is 27.8. The van der Waals surface area contributed by atoms with Crippen molar-refractivity contribution in [2.75, 3.05) is 27.4 Å². The molecule has 0 radical (unpaired) electrons. The summed E-state index contributed by atoms with van der Waals surface area (Å²) in [4.78, 5) is 29.3. The van der Waals surface area contributed by atoms with Gasteiger partial charge in [0.25, 0.3) is 0 Å². The number of allylic oxidation sites excluding steroid dienone is 4. The molecule has 0 aromatic heterocycles. The molecule has 2 aliphatic carbocycles. The standard InChI is InChI=1S/C31H33Cl2NO5/c1-37-15-5-14-34-23-6-3-8-25(35)29(23)28(30-24(34)7-4-9-26(30)36)20-16-22(33)31(27(17-20)38-2)39-18-19-10-12-21(32)13-11-19/h10-13,16-17,28H,3-9,14-15,18H2,1-2H3. The van der Waals surface area contributed by atoms with Crippen LogP contribution >= 0.6 is 23.2 Å². The highest BCUT2D eigenvalue weighted by molar-refractivity contribution is 6.32. The molecule has 0 N–H and O–H groups in total. The fourth-order valence-corrected chi connectivity index (χ4v) is 6.37. The summed E-state index contributed by atoms with van der Waals surface area (Å²) in [5.41, 5.74) is 5.24. The lowest BCUT2D eigenvalue weighted by molar-refractivity contribution is -0.117. The van der Waals surface area contributed by atoms with E-state index in [-0.39, 0.29) is 18.2 Å². The van der Waals surface area contributed by atoms with Crippen molar-refractivity contribution in [2.24, 2.45) is 0 Å². The first-order valence-corrected chi connectivity index (χ1v) is 14.2. The highest BCUT2D eigenvalue weighted by Gasteiger charge is 2.43. The second-order valence-corrected chi connectivity index (χ2v) is 11.0. The van der Waals surface area contributed by atoms with Crippen LogP contribution in [0.25, 0.3) is 0 Å². The van der Waals surface area contributed by atoms with E-state index < -0.39 is 5.92 Å². The highest BCUT2D eigenvalue weighted by Crippen LogP contribution is 2.51. The second kappa shape index (κ2) is 12.2. The maximum absolute atomic E-state index is 13.5. The molecule has 6 nitrogen and oxygen atoms in total. The van der Waals surface area contributed by atoms with E-state index in [9.17, 15) is 9.59 Å². The Labute approximate surface area is 239 Å². The molecule has 2 aromatic rings. The highest BCUT2D eigenvalue weighted by atomic mass is 35.5. The quantitative estimate of drug-likeness (QED) is 0.302. The SMILES string of the molecule is COCCCN1C2=C(C(=O)CCC2)C(c2cc(Cl)c(OCc3ccc(Cl)cc3)c(OC)c2)C2=C1CCCC2=O. The third-order valence-electron chi connectivity index (χ3n) is 7.70. The van der Waals surface area contributed by atoms with Gasteiger partial charge in [0.05, 0.1) is 12.1 Å². The molecule has 0 amide bonds. The number of hydrogen-bond acceptors (Lipinski definition) is 6. The van der Waals surface area contributed by atoms with E-state index in [0.717, 1.165) is 72.3 Å². The van der Waals surface area contributed by atoms with Crippen molar-refractivity contribution < 1.29 is 23.8 Å². The first-order valence-electron chi connectivity index (χ1n) is 13.5. The van der Waals surface area contributed by atoms with E-state index in [2.05, 4.69) is 4.90 Å². The van der Waals surface area contributed by atoms with Crippen LogP contribution in [0.3, 0.4) is 0 Å². The van der Waals surface area contributed by atoms with Crippen molar-refractivity contribution in [1.82, 2.24) is 4.90 Å². The van der Waals surface area contributed by atoms with Crippen molar-refractivity contribution in [1.29, 1.82) is 0 Å². The molecular weight excluding hydrogens is 537 g/mol. The molecule has 0 bridgehead atoms. The topological polar surface area (TPSA) is 65.1 Å². The van der Waals surface area contributed by atoms with Gasteiger partial charge in [0.1, 0.15) is 6.61 Å². The monoisotopic (exact) mass is 569 g/mol. The molecule has 0 saturated heterocycles. The minimum absolute atomic E-state index is 0.0982. The van der Waals surface area contributed by atoms with Crippen LogP contribution in [0, 0.1) is 0 Å². The number of nitrogens with zero attached hydrogens (tertiary/aromatic N) is 1. The molecule has 0 spiro atoms. The zero-order valence-corrected chi connectivity index (χ0v) is 23.9. The average molecular weight is 571 g/mol. The molecular formula is C31H33Cl2NO5. The third-order valence-corrected chi connectivity index (χ3v) is 8.23. The van der Waals surface area contributed by atoms with Gasteiger partial charge in [0.2, 0.25) is 0 Å². The molecule has 8 heteroatoms. The fraction of sp³-hybridized carbons (Fsp3) is 0.419. The smallest absolute Gasteiger partial charge is 0.180 e. The van der Waals surface area contributed by atoms with Gasteiger partial charge in [-0.2, -0.15) is 0 Å². The Morgan fingerprint density at radius 3 is 2.13 bits per heavy atom. The zero-order valence-electron chi connectivity index (χ0n) is 22.4. The Kier molecular flexibility index (Phi) is 8.65. The summed E-state index contributed by atoms with van der Waals surface area (Å²) in [6, 6.07) is 11.1. The summed E-state index contributed by atoms with van der Waals surface area (Å²) in [5.74, 6) is 0.612. The molecule has 206 valence electrons. The van der Waals surface area contributed by atoms with Crippen LogP contribution in [0.5, 0.6) is 11.5 Å². The van der Waals surface area contributed by atoms with Crippen LogP contribution in [-0.2, 0) is 20.9 Å². The number of Topliss-reactive ketones (excluding diaryl/α,β-unsaturated/α-hetero) is 2. The Morgan fingerprint density at radius 1 is 0.897 bits per heavy atom. The fourth-order valence-electron chi connectivity index (χ4n) is 5.97. The zero-order chi connectivity index (χ0) is 27.5. The summed E-state index contributed by atoms with van der Waals surface area (Å²) < 4.78 is 17.1. The predicted molar refractivity (Wildman–Crippen MR) is 151 cm³/mol. The molecule has 0 saturated carbocycles. The number of ether oxygens (including phenoxy) is 3. The molecule has 3 aliphatic rings. The third kappa shape index (κ3) is 5.60. The maximum Gasteiger partial charge on any atom is 0.180 e. The summed E-state index contributed by atoms with van der Waals surface area (Å²) in [6.45, 7) is 1.63. The summed E-state index contributed by atoms with van der Waals surface area (Å²) >= 11 is 12.8. The van der Waals surface area contributed by atoms with Gasteiger partial charge < -0.3 is 19.1 Å². The van der Waals surface area contributed by atoms with E-state index in [4.69, 9.17) is 37.4 Å². The van der Waals surface area contributed by atoms with Gasteiger partial charge >= 0.3 is 0 Å². The lowest BCUT2D eigenvalue weighted by Gasteiger charge is -2.44. The number of rotatable bonds is 9. The molecule has 0 fully saturated rings. The number of carbonyl (C=O) groups is 2.